The monoisotopic (exact) mass is 473 g/mol. The van der Waals surface area contributed by atoms with Crippen molar-refractivity contribution in [3.8, 4) is 5.75 Å². The quantitative estimate of drug-likeness (QED) is 0.623. The molecule has 1 aromatic heterocycles. The van der Waals surface area contributed by atoms with Gasteiger partial charge in [-0.15, -0.1) is 13.2 Å². The van der Waals surface area contributed by atoms with Gasteiger partial charge in [-0.2, -0.15) is 15.4 Å². The molecule has 34 heavy (non-hydrogen) atoms. The molecule has 1 saturated heterocycles. The topological polar surface area (TPSA) is 101 Å². The number of aromatic nitrogens is 3. The SMILES string of the molecule is O=C(c1ccc2n[nH]nc2c1)N1C=C2CN(C(=O)OCc3cccc(OC(F)(F)F)c3)C[C@@H]2C1. The highest BCUT2D eigenvalue weighted by Crippen LogP contribution is 2.31. The number of ether oxygens (including phenoxy) is 2. The maximum atomic E-state index is 12.9. The van der Waals surface area contributed by atoms with Gasteiger partial charge in [-0.05, 0) is 41.5 Å². The number of amides is 2. The molecule has 0 radical (unpaired) electrons. The van der Waals surface area contributed by atoms with Crippen molar-refractivity contribution in [1.82, 2.24) is 25.2 Å². The van der Waals surface area contributed by atoms with Crippen molar-refractivity contribution >= 4 is 23.0 Å². The standard InChI is InChI=1S/C22H18F3N5O4/c23-22(24,25)34-17-3-1-2-13(6-17)12-33-21(32)30-10-15-8-29(9-16(15)11-30)20(31)14-4-5-18-19(7-14)27-28-26-18/h1-8,16H,9-12H2,(H,26,27,28)/t16-/m0/s1. The minimum Gasteiger partial charge on any atom is -0.445 e. The number of aromatic amines is 1. The first kappa shape index (κ1) is 21.7. The number of rotatable bonds is 4. The molecule has 0 bridgehead atoms. The molecule has 0 spiro atoms. The molecule has 0 aliphatic carbocycles. The highest BCUT2D eigenvalue weighted by molar-refractivity contribution is 5.98. The van der Waals surface area contributed by atoms with E-state index in [1.165, 1.54) is 29.2 Å². The van der Waals surface area contributed by atoms with Gasteiger partial charge in [0.05, 0.1) is 0 Å². The largest absolute Gasteiger partial charge is 0.573 e. The van der Waals surface area contributed by atoms with Crippen LogP contribution < -0.4 is 4.74 Å². The summed E-state index contributed by atoms with van der Waals surface area (Å²) in [6.45, 7) is 0.940. The van der Waals surface area contributed by atoms with Gasteiger partial charge in [0.25, 0.3) is 5.91 Å². The summed E-state index contributed by atoms with van der Waals surface area (Å²) >= 11 is 0. The number of benzene rings is 2. The van der Waals surface area contributed by atoms with Crippen LogP contribution in [0.2, 0.25) is 0 Å². The van der Waals surface area contributed by atoms with E-state index in [1.54, 1.807) is 29.3 Å². The van der Waals surface area contributed by atoms with Crippen molar-refractivity contribution in [2.75, 3.05) is 19.6 Å². The molecule has 3 aromatic rings. The number of nitrogens with one attached hydrogen (secondary N) is 1. The third kappa shape index (κ3) is 4.51. The second kappa shape index (κ2) is 8.36. The van der Waals surface area contributed by atoms with Crippen molar-refractivity contribution in [3.05, 3.63) is 65.4 Å². The number of nitrogens with zero attached hydrogens (tertiary/aromatic N) is 4. The molecule has 176 valence electrons. The van der Waals surface area contributed by atoms with Crippen LogP contribution in [0, 0.1) is 5.92 Å². The van der Waals surface area contributed by atoms with Crippen LogP contribution in [0.25, 0.3) is 11.0 Å². The maximum Gasteiger partial charge on any atom is 0.573 e. The van der Waals surface area contributed by atoms with E-state index in [0.717, 1.165) is 5.57 Å². The van der Waals surface area contributed by atoms with Crippen LogP contribution in [0.1, 0.15) is 15.9 Å². The van der Waals surface area contributed by atoms with Crippen LogP contribution in [0.4, 0.5) is 18.0 Å². The average Bonchev–Trinajstić information content (AvgIpc) is 3.50. The zero-order valence-electron chi connectivity index (χ0n) is 17.6. The fourth-order valence-corrected chi connectivity index (χ4v) is 4.10. The molecule has 3 heterocycles. The van der Waals surface area contributed by atoms with Crippen LogP contribution in [0.5, 0.6) is 5.75 Å². The van der Waals surface area contributed by atoms with E-state index in [4.69, 9.17) is 4.74 Å². The minimum atomic E-state index is -4.80. The number of alkyl halides is 3. The van der Waals surface area contributed by atoms with Crippen LogP contribution >= 0.6 is 0 Å². The smallest absolute Gasteiger partial charge is 0.445 e. The fraction of sp³-hybridized carbons (Fsp3) is 0.273. The van der Waals surface area contributed by atoms with Crippen molar-refractivity contribution in [3.63, 3.8) is 0 Å². The number of hydrogen-bond acceptors (Lipinski definition) is 6. The average molecular weight is 473 g/mol. The summed E-state index contributed by atoms with van der Waals surface area (Å²) < 4.78 is 46.3. The van der Waals surface area contributed by atoms with Crippen molar-refractivity contribution < 1.29 is 32.2 Å². The molecule has 2 amide bonds. The molecule has 1 N–H and O–H groups in total. The molecule has 9 nitrogen and oxygen atoms in total. The lowest BCUT2D eigenvalue weighted by Gasteiger charge is -2.19. The summed E-state index contributed by atoms with van der Waals surface area (Å²) in [5.41, 5.74) is 3.07. The van der Waals surface area contributed by atoms with E-state index < -0.39 is 12.5 Å². The summed E-state index contributed by atoms with van der Waals surface area (Å²) in [4.78, 5) is 28.5. The molecule has 0 saturated carbocycles. The zero-order valence-corrected chi connectivity index (χ0v) is 17.6. The van der Waals surface area contributed by atoms with Crippen molar-refractivity contribution in [2.45, 2.75) is 13.0 Å². The summed E-state index contributed by atoms with van der Waals surface area (Å²) in [6, 6.07) is 10.4. The van der Waals surface area contributed by atoms with Crippen LogP contribution in [-0.2, 0) is 11.3 Å². The van der Waals surface area contributed by atoms with Crippen molar-refractivity contribution in [1.29, 1.82) is 0 Å². The normalized spacial score (nSPS) is 17.6. The molecule has 1 atom stereocenters. The van der Waals surface area contributed by atoms with Crippen LogP contribution in [0.15, 0.2) is 54.2 Å². The Labute approximate surface area is 190 Å². The van der Waals surface area contributed by atoms with E-state index in [0.29, 0.717) is 41.8 Å². The van der Waals surface area contributed by atoms with Crippen molar-refractivity contribution in [2.24, 2.45) is 5.92 Å². The summed E-state index contributed by atoms with van der Waals surface area (Å²) in [5, 5.41) is 10.5. The molecule has 2 aromatic carbocycles. The molecule has 5 rings (SSSR count). The molecule has 1 fully saturated rings. The predicted molar refractivity (Wildman–Crippen MR) is 111 cm³/mol. The lowest BCUT2D eigenvalue weighted by atomic mass is 10.1. The Morgan fingerprint density at radius 2 is 1.91 bits per heavy atom. The number of carbonyl (C=O) groups excluding carboxylic acids is 2. The number of likely N-dealkylation sites (tertiary alicyclic amines) is 1. The number of fused-ring (bicyclic) bond motifs is 2. The van der Waals surface area contributed by atoms with Gasteiger partial charge in [0.1, 0.15) is 23.4 Å². The van der Waals surface area contributed by atoms with Gasteiger partial charge in [0.2, 0.25) is 0 Å². The highest BCUT2D eigenvalue weighted by Gasteiger charge is 2.38. The van der Waals surface area contributed by atoms with E-state index >= 15 is 0 Å². The zero-order chi connectivity index (χ0) is 23.9. The maximum absolute atomic E-state index is 12.9. The Hall–Kier alpha value is -4.09. The fourth-order valence-electron chi connectivity index (χ4n) is 4.10. The highest BCUT2D eigenvalue weighted by atomic mass is 19.4. The third-order valence-electron chi connectivity index (χ3n) is 5.65. The second-order valence-electron chi connectivity index (χ2n) is 8.02. The Balaban J connectivity index is 1.17. The first-order chi connectivity index (χ1) is 16.2. The van der Waals surface area contributed by atoms with Crippen LogP contribution in [0.3, 0.4) is 0 Å². The Morgan fingerprint density at radius 1 is 1.09 bits per heavy atom. The van der Waals surface area contributed by atoms with E-state index in [9.17, 15) is 22.8 Å². The van der Waals surface area contributed by atoms with Gasteiger partial charge in [-0.3, -0.25) is 4.79 Å². The Kier molecular flexibility index (Phi) is 5.34. The van der Waals surface area contributed by atoms with Gasteiger partial charge >= 0.3 is 12.5 Å². The molecule has 12 heteroatoms. The van der Waals surface area contributed by atoms with E-state index in [1.807, 2.05) is 0 Å². The van der Waals surface area contributed by atoms with Crippen LogP contribution in [-0.4, -0.2) is 63.2 Å². The van der Waals surface area contributed by atoms with E-state index in [2.05, 4.69) is 20.1 Å². The Morgan fingerprint density at radius 3 is 2.71 bits per heavy atom. The minimum absolute atomic E-state index is 0.00389. The molecular weight excluding hydrogens is 455 g/mol. The van der Waals surface area contributed by atoms with E-state index in [-0.39, 0.29) is 24.2 Å². The van der Waals surface area contributed by atoms with Gasteiger partial charge in [-0.25, -0.2) is 4.79 Å². The molecular formula is C22H18F3N5O4. The van der Waals surface area contributed by atoms with Gasteiger partial charge < -0.3 is 19.3 Å². The molecule has 2 aliphatic rings. The summed E-state index contributed by atoms with van der Waals surface area (Å²) in [7, 11) is 0. The number of H-pyrrole nitrogens is 1. The number of carbonyl (C=O) groups is 2. The lowest BCUT2D eigenvalue weighted by Crippen LogP contribution is -2.33. The predicted octanol–water partition coefficient (Wildman–Crippen LogP) is 3.46. The number of hydrogen-bond donors (Lipinski definition) is 1. The third-order valence-corrected chi connectivity index (χ3v) is 5.65. The van der Waals surface area contributed by atoms with Gasteiger partial charge in [0.15, 0.2) is 0 Å². The van der Waals surface area contributed by atoms with Gasteiger partial charge in [0, 0.05) is 37.3 Å². The summed E-state index contributed by atoms with van der Waals surface area (Å²) in [6.07, 6.45) is -3.62. The van der Waals surface area contributed by atoms with Gasteiger partial charge in [-0.1, -0.05) is 12.1 Å². The lowest BCUT2D eigenvalue weighted by molar-refractivity contribution is -0.274. The first-order valence-electron chi connectivity index (χ1n) is 10.3. The second-order valence-corrected chi connectivity index (χ2v) is 8.02. The first-order valence-corrected chi connectivity index (χ1v) is 10.3. The summed E-state index contributed by atoms with van der Waals surface area (Å²) in [5.74, 6) is -0.549. The molecule has 2 aliphatic heterocycles. The Bertz CT molecular complexity index is 1290. The molecule has 0 unspecified atom stereocenters. The number of halogens is 3.